The third-order valence-electron chi connectivity index (χ3n) is 3.47. The Morgan fingerprint density at radius 1 is 1.33 bits per heavy atom. The van der Waals surface area contributed by atoms with Crippen LogP contribution in [0, 0.1) is 0 Å². The lowest BCUT2D eigenvalue weighted by atomic mass is 9.91. The molecule has 1 aromatic rings. The largest absolute Gasteiger partial charge is 0.444 e. The van der Waals surface area contributed by atoms with E-state index in [1.807, 2.05) is 20.8 Å². The molecule has 0 spiro atoms. The molecule has 0 atom stereocenters. The second-order valence-electron chi connectivity index (χ2n) is 6.51. The number of amides is 1. The van der Waals surface area contributed by atoms with E-state index in [-0.39, 0.29) is 12.1 Å². The molecule has 0 aliphatic heterocycles. The highest BCUT2D eigenvalue weighted by molar-refractivity contribution is 5.68. The molecule has 1 aromatic heterocycles. The first kappa shape index (κ1) is 15.8. The Hall–Kier alpha value is -1.63. The van der Waals surface area contributed by atoms with Crippen LogP contribution >= 0.6 is 0 Å². The number of nitrogens with one attached hydrogen (secondary N) is 3. The zero-order valence-corrected chi connectivity index (χ0v) is 13.0. The van der Waals surface area contributed by atoms with E-state index < -0.39 is 5.60 Å². The van der Waals surface area contributed by atoms with Crippen molar-refractivity contribution in [2.45, 2.75) is 70.7 Å². The van der Waals surface area contributed by atoms with Crippen LogP contribution in [0.15, 0.2) is 6.33 Å². The summed E-state index contributed by atoms with van der Waals surface area (Å²) >= 11 is 0. The second-order valence-corrected chi connectivity index (χ2v) is 6.51. The Morgan fingerprint density at radius 3 is 2.57 bits per heavy atom. The first-order valence-electron chi connectivity index (χ1n) is 7.49. The highest BCUT2D eigenvalue weighted by Gasteiger charge is 2.24. The molecule has 0 aromatic carbocycles. The molecule has 2 rings (SSSR count). The van der Waals surface area contributed by atoms with Crippen LogP contribution < -0.4 is 10.6 Å². The molecule has 1 aliphatic carbocycles. The van der Waals surface area contributed by atoms with Crippen LogP contribution in [0.5, 0.6) is 0 Å². The van der Waals surface area contributed by atoms with Gasteiger partial charge in [0.1, 0.15) is 17.8 Å². The van der Waals surface area contributed by atoms with Crippen molar-refractivity contribution in [1.29, 1.82) is 0 Å². The quantitative estimate of drug-likeness (QED) is 0.787. The summed E-state index contributed by atoms with van der Waals surface area (Å²) in [7, 11) is 0. The average Bonchev–Trinajstić information content (AvgIpc) is 2.89. The van der Waals surface area contributed by atoms with Crippen LogP contribution in [-0.2, 0) is 11.3 Å². The second kappa shape index (κ2) is 6.89. The molecule has 21 heavy (non-hydrogen) atoms. The number of hydrogen-bond donors (Lipinski definition) is 3. The molecule has 1 saturated carbocycles. The fraction of sp³-hybridized carbons (Fsp3) is 0.786. The van der Waals surface area contributed by atoms with Crippen molar-refractivity contribution in [3.8, 4) is 0 Å². The van der Waals surface area contributed by atoms with Gasteiger partial charge >= 0.3 is 6.09 Å². The van der Waals surface area contributed by atoms with Crippen LogP contribution in [0.2, 0.25) is 0 Å². The number of nitrogens with zero attached hydrogens (tertiary/aromatic N) is 2. The van der Waals surface area contributed by atoms with E-state index in [2.05, 4.69) is 25.8 Å². The van der Waals surface area contributed by atoms with E-state index >= 15 is 0 Å². The van der Waals surface area contributed by atoms with E-state index in [0.717, 1.165) is 31.5 Å². The molecule has 0 bridgehead atoms. The van der Waals surface area contributed by atoms with Gasteiger partial charge in [-0.2, -0.15) is 5.10 Å². The van der Waals surface area contributed by atoms with Crippen molar-refractivity contribution >= 4 is 6.09 Å². The number of aromatic nitrogens is 3. The van der Waals surface area contributed by atoms with Crippen molar-refractivity contribution in [3.05, 3.63) is 12.2 Å². The monoisotopic (exact) mass is 295 g/mol. The molecule has 118 valence electrons. The van der Waals surface area contributed by atoms with Crippen molar-refractivity contribution in [2.75, 3.05) is 0 Å². The van der Waals surface area contributed by atoms with E-state index in [4.69, 9.17) is 4.74 Å². The van der Waals surface area contributed by atoms with Gasteiger partial charge in [-0.15, -0.1) is 0 Å². The van der Waals surface area contributed by atoms with Crippen LogP contribution in [0.4, 0.5) is 4.79 Å². The summed E-state index contributed by atoms with van der Waals surface area (Å²) < 4.78 is 5.28. The lowest BCUT2D eigenvalue weighted by Crippen LogP contribution is -2.43. The molecule has 1 fully saturated rings. The SMILES string of the molecule is CC(C)(C)OC(=O)NC1CCC(NCc2ncn[nH]2)CC1. The molecule has 0 saturated heterocycles. The van der Waals surface area contributed by atoms with Crippen LogP contribution in [0.1, 0.15) is 52.3 Å². The van der Waals surface area contributed by atoms with E-state index in [1.165, 1.54) is 6.33 Å². The maximum Gasteiger partial charge on any atom is 0.407 e. The number of aromatic amines is 1. The Labute approximate surface area is 125 Å². The van der Waals surface area contributed by atoms with Crippen molar-refractivity contribution < 1.29 is 9.53 Å². The number of rotatable bonds is 4. The Bertz CT molecular complexity index is 433. The first-order chi connectivity index (χ1) is 9.92. The predicted octanol–water partition coefficient (Wildman–Crippen LogP) is 1.73. The molecule has 0 radical (unpaired) electrons. The number of alkyl carbamates (subject to hydrolysis) is 1. The van der Waals surface area contributed by atoms with Gasteiger partial charge in [0.15, 0.2) is 0 Å². The Kier molecular flexibility index (Phi) is 5.17. The molecule has 1 aliphatic rings. The first-order valence-corrected chi connectivity index (χ1v) is 7.49. The summed E-state index contributed by atoms with van der Waals surface area (Å²) in [4.78, 5) is 15.8. The maximum atomic E-state index is 11.7. The number of hydrogen-bond acceptors (Lipinski definition) is 5. The van der Waals surface area contributed by atoms with Gasteiger partial charge in [0.05, 0.1) is 6.54 Å². The standard InChI is InChI=1S/C14H25N5O2/c1-14(2,3)21-13(20)18-11-6-4-10(5-7-11)15-8-12-16-9-17-19-12/h9-11,15H,4-8H2,1-3H3,(H,18,20)(H,16,17,19). The normalized spacial score (nSPS) is 22.8. The van der Waals surface area contributed by atoms with Crippen molar-refractivity contribution in [3.63, 3.8) is 0 Å². The van der Waals surface area contributed by atoms with Crippen LogP contribution in [0.3, 0.4) is 0 Å². The summed E-state index contributed by atoms with van der Waals surface area (Å²) in [6.45, 7) is 6.32. The zero-order chi connectivity index (χ0) is 15.3. The van der Waals surface area contributed by atoms with E-state index in [1.54, 1.807) is 0 Å². The third kappa shape index (κ3) is 5.71. The van der Waals surface area contributed by atoms with Gasteiger partial charge in [-0.25, -0.2) is 9.78 Å². The minimum Gasteiger partial charge on any atom is -0.444 e. The van der Waals surface area contributed by atoms with Gasteiger partial charge in [0, 0.05) is 12.1 Å². The highest BCUT2D eigenvalue weighted by atomic mass is 16.6. The average molecular weight is 295 g/mol. The maximum absolute atomic E-state index is 11.7. The summed E-state index contributed by atoms with van der Waals surface area (Å²) in [5.41, 5.74) is -0.445. The van der Waals surface area contributed by atoms with Crippen LogP contribution in [0.25, 0.3) is 0 Å². The predicted molar refractivity (Wildman–Crippen MR) is 78.6 cm³/mol. The third-order valence-corrected chi connectivity index (χ3v) is 3.47. The fourth-order valence-electron chi connectivity index (χ4n) is 2.47. The van der Waals surface area contributed by atoms with Crippen molar-refractivity contribution in [1.82, 2.24) is 25.8 Å². The van der Waals surface area contributed by atoms with Gasteiger partial charge in [0.25, 0.3) is 0 Å². The minimum atomic E-state index is -0.445. The molecule has 7 heteroatoms. The fourth-order valence-corrected chi connectivity index (χ4v) is 2.47. The molecule has 1 amide bonds. The van der Waals surface area contributed by atoms with Gasteiger partial charge in [0.2, 0.25) is 0 Å². The highest BCUT2D eigenvalue weighted by Crippen LogP contribution is 2.19. The smallest absolute Gasteiger partial charge is 0.407 e. The molecule has 0 unspecified atom stereocenters. The van der Waals surface area contributed by atoms with E-state index in [9.17, 15) is 4.79 Å². The minimum absolute atomic E-state index is 0.211. The lowest BCUT2D eigenvalue weighted by Gasteiger charge is -2.30. The Morgan fingerprint density at radius 2 is 2.00 bits per heavy atom. The molecular weight excluding hydrogens is 270 g/mol. The summed E-state index contributed by atoms with van der Waals surface area (Å²) in [6, 6.07) is 0.676. The number of carbonyl (C=O) groups excluding carboxylic acids is 1. The van der Waals surface area contributed by atoms with Crippen molar-refractivity contribution in [2.24, 2.45) is 0 Å². The van der Waals surface area contributed by atoms with Gasteiger partial charge < -0.3 is 15.4 Å². The molecule has 3 N–H and O–H groups in total. The lowest BCUT2D eigenvalue weighted by molar-refractivity contribution is 0.0489. The number of ether oxygens (including phenoxy) is 1. The summed E-state index contributed by atoms with van der Waals surface area (Å²) in [5, 5.41) is 13.1. The topological polar surface area (TPSA) is 91.9 Å². The summed E-state index contributed by atoms with van der Waals surface area (Å²) in [5.74, 6) is 0.851. The van der Waals surface area contributed by atoms with Crippen LogP contribution in [-0.4, -0.2) is 39.0 Å². The number of carbonyl (C=O) groups is 1. The van der Waals surface area contributed by atoms with Gasteiger partial charge in [-0.05, 0) is 46.5 Å². The molecule has 7 nitrogen and oxygen atoms in total. The zero-order valence-electron chi connectivity index (χ0n) is 13.0. The van der Waals surface area contributed by atoms with Gasteiger partial charge in [-0.3, -0.25) is 5.10 Å². The molecular formula is C14H25N5O2. The number of H-pyrrole nitrogens is 1. The van der Waals surface area contributed by atoms with Gasteiger partial charge in [-0.1, -0.05) is 0 Å². The van der Waals surface area contributed by atoms with E-state index in [0.29, 0.717) is 12.6 Å². The molecule has 1 heterocycles. The summed E-state index contributed by atoms with van der Waals surface area (Å²) in [6.07, 6.45) is 5.20. The Balaban J connectivity index is 1.65.